The number of aromatic hydroxyl groups is 1. The van der Waals surface area contributed by atoms with E-state index < -0.39 is 0 Å². The van der Waals surface area contributed by atoms with Crippen molar-refractivity contribution in [3.8, 4) is 5.75 Å². The van der Waals surface area contributed by atoms with E-state index in [4.69, 9.17) is 0 Å². The van der Waals surface area contributed by atoms with Gasteiger partial charge in [-0.2, -0.15) is 0 Å². The Morgan fingerprint density at radius 1 is 1.06 bits per heavy atom. The molecule has 0 fully saturated rings. The van der Waals surface area contributed by atoms with Gasteiger partial charge in [0.2, 0.25) is 0 Å². The molecule has 92 valence electrons. The first kappa shape index (κ1) is 12.4. The molecule has 2 aromatic rings. The van der Waals surface area contributed by atoms with Gasteiger partial charge in [-0.15, -0.1) is 0 Å². The molecular formula is C16H17NO. The summed E-state index contributed by atoms with van der Waals surface area (Å²) in [5, 5.41) is 9.57. The molecule has 0 radical (unpaired) electrons. The maximum atomic E-state index is 9.57. The van der Waals surface area contributed by atoms with Crippen molar-refractivity contribution in [2.45, 2.75) is 13.3 Å². The quantitative estimate of drug-likeness (QED) is 0.815. The third-order valence-electron chi connectivity index (χ3n) is 2.82. The molecule has 0 aliphatic heterocycles. The van der Waals surface area contributed by atoms with Crippen molar-refractivity contribution in [3.63, 3.8) is 0 Å². The Labute approximate surface area is 108 Å². The maximum absolute atomic E-state index is 9.57. The van der Waals surface area contributed by atoms with Crippen LogP contribution < -0.4 is 0 Å². The smallest absolute Gasteiger partial charge is 0.124 e. The Hall–Kier alpha value is -2.09. The van der Waals surface area contributed by atoms with Crippen LogP contribution in [0, 0.1) is 6.92 Å². The second-order valence-corrected chi connectivity index (χ2v) is 4.33. The molecule has 2 aromatic carbocycles. The van der Waals surface area contributed by atoms with Crippen LogP contribution in [0.25, 0.3) is 0 Å². The normalized spacial score (nSPS) is 10.9. The lowest BCUT2D eigenvalue weighted by molar-refractivity contribution is 0.474. The van der Waals surface area contributed by atoms with Gasteiger partial charge in [-0.05, 0) is 31.0 Å². The number of benzene rings is 2. The van der Waals surface area contributed by atoms with Crippen molar-refractivity contribution in [2.75, 3.05) is 6.54 Å². The predicted molar refractivity (Wildman–Crippen MR) is 75.5 cm³/mol. The van der Waals surface area contributed by atoms with Gasteiger partial charge in [-0.1, -0.05) is 42.0 Å². The van der Waals surface area contributed by atoms with Crippen LogP contribution in [-0.2, 0) is 6.42 Å². The Bertz CT molecular complexity index is 529. The number of aliphatic imine (C=N–C) groups is 1. The molecule has 0 aromatic heterocycles. The number of rotatable bonds is 4. The molecule has 0 bridgehead atoms. The minimum absolute atomic E-state index is 0.275. The number of para-hydroxylation sites is 1. The molecule has 0 saturated carbocycles. The van der Waals surface area contributed by atoms with E-state index in [1.54, 1.807) is 18.3 Å². The Kier molecular flexibility index (Phi) is 4.13. The van der Waals surface area contributed by atoms with E-state index in [0.29, 0.717) is 0 Å². The summed E-state index contributed by atoms with van der Waals surface area (Å²) in [5.74, 6) is 0.275. The van der Waals surface area contributed by atoms with Gasteiger partial charge in [0.1, 0.15) is 5.75 Å². The number of hydrogen-bond acceptors (Lipinski definition) is 2. The lowest BCUT2D eigenvalue weighted by Crippen LogP contribution is -1.91. The minimum atomic E-state index is 0.275. The monoisotopic (exact) mass is 239 g/mol. The summed E-state index contributed by atoms with van der Waals surface area (Å²) in [4.78, 5) is 4.34. The van der Waals surface area contributed by atoms with Gasteiger partial charge in [0.15, 0.2) is 0 Å². The fraction of sp³-hybridized carbons (Fsp3) is 0.188. The van der Waals surface area contributed by atoms with E-state index in [1.807, 2.05) is 12.1 Å². The van der Waals surface area contributed by atoms with E-state index in [1.165, 1.54) is 11.1 Å². The van der Waals surface area contributed by atoms with Crippen LogP contribution in [0.15, 0.2) is 53.5 Å². The maximum Gasteiger partial charge on any atom is 0.124 e. The van der Waals surface area contributed by atoms with Crippen LogP contribution in [0.1, 0.15) is 16.7 Å². The summed E-state index contributed by atoms with van der Waals surface area (Å²) in [6.45, 7) is 2.82. The van der Waals surface area contributed by atoms with Crippen molar-refractivity contribution in [1.29, 1.82) is 0 Å². The zero-order chi connectivity index (χ0) is 12.8. The van der Waals surface area contributed by atoms with Gasteiger partial charge in [0, 0.05) is 18.3 Å². The van der Waals surface area contributed by atoms with Gasteiger partial charge in [-0.3, -0.25) is 4.99 Å². The molecule has 2 nitrogen and oxygen atoms in total. The summed E-state index contributed by atoms with van der Waals surface area (Å²) >= 11 is 0. The second-order valence-electron chi connectivity index (χ2n) is 4.33. The number of phenols is 1. The van der Waals surface area contributed by atoms with E-state index in [2.05, 4.69) is 36.2 Å². The van der Waals surface area contributed by atoms with Crippen LogP contribution in [0.5, 0.6) is 5.75 Å². The van der Waals surface area contributed by atoms with Crippen molar-refractivity contribution in [3.05, 3.63) is 65.2 Å². The minimum Gasteiger partial charge on any atom is -0.507 e. The molecule has 18 heavy (non-hydrogen) atoms. The molecule has 2 heteroatoms. The largest absolute Gasteiger partial charge is 0.507 e. The second kappa shape index (κ2) is 6.01. The van der Waals surface area contributed by atoms with Crippen LogP contribution in [-0.4, -0.2) is 17.9 Å². The Morgan fingerprint density at radius 3 is 2.50 bits per heavy atom. The van der Waals surface area contributed by atoms with Crippen molar-refractivity contribution < 1.29 is 5.11 Å². The number of phenolic OH excluding ortho intramolecular Hbond substituents is 1. The van der Waals surface area contributed by atoms with Gasteiger partial charge in [0.05, 0.1) is 0 Å². The van der Waals surface area contributed by atoms with Gasteiger partial charge in [-0.25, -0.2) is 0 Å². The average molecular weight is 239 g/mol. The van der Waals surface area contributed by atoms with Gasteiger partial charge in [0.25, 0.3) is 0 Å². The molecular weight excluding hydrogens is 222 g/mol. The van der Waals surface area contributed by atoms with Crippen LogP contribution in [0.4, 0.5) is 0 Å². The Morgan fingerprint density at radius 2 is 1.78 bits per heavy atom. The first-order valence-electron chi connectivity index (χ1n) is 6.09. The summed E-state index contributed by atoms with van der Waals surface area (Å²) in [5.41, 5.74) is 3.33. The number of aryl methyl sites for hydroxylation is 1. The zero-order valence-corrected chi connectivity index (χ0v) is 10.5. The van der Waals surface area contributed by atoms with Crippen LogP contribution in [0.2, 0.25) is 0 Å². The van der Waals surface area contributed by atoms with Crippen molar-refractivity contribution in [1.82, 2.24) is 0 Å². The fourth-order valence-electron chi connectivity index (χ4n) is 1.71. The number of hydrogen-bond donors (Lipinski definition) is 1. The topological polar surface area (TPSA) is 32.6 Å². The lowest BCUT2D eigenvalue weighted by Gasteiger charge is -1.99. The Balaban J connectivity index is 1.89. The summed E-state index contributed by atoms with van der Waals surface area (Å²) in [7, 11) is 0. The molecule has 0 amide bonds. The first-order chi connectivity index (χ1) is 8.75. The first-order valence-corrected chi connectivity index (χ1v) is 6.09. The van der Waals surface area contributed by atoms with Crippen LogP contribution in [0.3, 0.4) is 0 Å². The summed E-state index contributed by atoms with van der Waals surface area (Å²) in [6, 6.07) is 15.7. The summed E-state index contributed by atoms with van der Waals surface area (Å²) in [6.07, 6.45) is 2.65. The standard InChI is InChI=1S/C16H17NO/c1-13-6-8-14(9-7-13)10-11-17-12-15-4-2-3-5-16(15)18/h2-9,12,18H,10-11H2,1H3. The van der Waals surface area contributed by atoms with E-state index in [-0.39, 0.29) is 5.75 Å². The van der Waals surface area contributed by atoms with Gasteiger partial charge >= 0.3 is 0 Å². The highest BCUT2D eigenvalue weighted by Crippen LogP contribution is 2.12. The number of nitrogens with zero attached hydrogens (tertiary/aromatic N) is 1. The predicted octanol–water partition coefficient (Wildman–Crippen LogP) is 3.36. The third-order valence-corrected chi connectivity index (χ3v) is 2.82. The van der Waals surface area contributed by atoms with Gasteiger partial charge < -0.3 is 5.11 Å². The van der Waals surface area contributed by atoms with Crippen LogP contribution >= 0.6 is 0 Å². The van der Waals surface area contributed by atoms with Crippen molar-refractivity contribution in [2.24, 2.45) is 4.99 Å². The van der Waals surface area contributed by atoms with Crippen molar-refractivity contribution >= 4 is 6.21 Å². The molecule has 1 N–H and O–H groups in total. The van der Waals surface area contributed by atoms with E-state index in [0.717, 1.165) is 18.5 Å². The molecule has 0 atom stereocenters. The molecule has 2 rings (SSSR count). The lowest BCUT2D eigenvalue weighted by atomic mass is 10.1. The molecule has 0 unspecified atom stereocenters. The molecule has 0 heterocycles. The molecule has 0 spiro atoms. The highest BCUT2D eigenvalue weighted by atomic mass is 16.3. The average Bonchev–Trinajstić information content (AvgIpc) is 2.39. The van der Waals surface area contributed by atoms with E-state index >= 15 is 0 Å². The zero-order valence-electron chi connectivity index (χ0n) is 10.5. The third kappa shape index (κ3) is 3.45. The summed E-state index contributed by atoms with van der Waals surface area (Å²) < 4.78 is 0. The molecule has 0 aliphatic carbocycles. The SMILES string of the molecule is Cc1ccc(CCN=Cc2ccccc2O)cc1. The fourth-order valence-corrected chi connectivity index (χ4v) is 1.71. The van der Waals surface area contributed by atoms with E-state index in [9.17, 15) is 5.11 Å². The highest BCUT2D eigenvalue weighted by molar-refractivity contribution is 5.83. The molecule has 0 aliphatic rings. The highest BCUT2D eigenvalue weighted by Gasteiger charge is 1.95. The molecule has 0 saturated heterocycles.